The number of nitrogens with zero attached hydrogens (tertiary/aromatic N) is 2. The van der Waals surface area contributed by atoms with E-state index in [1.807, 2.05) is 53.3 Å². The molecule has 0 aliphatic heterocycles. The normalized spacial score (nSPS) is 10.7. The first-order chi connectivity index (χ1) is 14.6. The van der Waals surface area contributed by atoms with E-state index in [0.717, 1.165) is 16.8 Å². The maximum Gasteiger partial charge on any atom is 0.287 e. The van der Waals surface area contributed by atoms with Crippen molar-refractivity contribution >= 4 is 11.7 Å². The minimum Gasteiger partial charge on any atom is -0.451 e. The van der Waals surface area contributed by atoms with Crippen LogP contribution in [0.2, 0.25) is 0 Å². The molecular formula is C24H21N3O3. The molecule has 0 spiro atoms. The minimum absolute atomic E-state index is 0.00960. The molecule has 6 heteroatoms. The fourth-order valence-electron chi connectivity index (χ4n) is 3.10. The number of para-hydroxylation sites is 1. The minimum atomic E-state index is -0.267. The lowest BCUT2D eigenvalue weighted by molar-refractivity contribution is 0.0926. The zero-order chi connectivity index (χ0) is 20.9. The molecule has 4 rings (SSSR count). The van der Waals surface area contributed by atoms with Crippen molar-refractivity contribution in [1.29, 1.82) is 0 Å². The molecule has 0 saturated carbocycles. The summed E-state index contributed by atoms with van der Waals surface area (Å²) in [6, 6.07) is 20.4. The molecule has 1 amide bonds. The van der Waals surface area contributed by atoms with Gasteiger partial charge >= 0.3 is 0 Å². The molecule has 2 aromatic carbocycles. The van der Waals surface area contributed by atoms with Crippen LogP contribution in [-0.2, 0) is 6.42 Å². The number of Topliss-reactive ketones (excluding diaryl/α,β-unsaturated/α-hetero) is 1. The van der Waals surface area contributed by atoms with Gasteiger partial charge in [0.25, 0.3) is 5.91 Å². The Labute approximate surface area is 174 Å². The molecule has 0 bridgehead atoms. The highest BCUT2D eigenvalue weighted by Gasteiger charge is 2.12. The van der Waals surface area contributed by atoms with Gasteiger partial charge in [0.05, 0.1) is 11.9 Å². The predicted molar refractivity (Wildman–Crippen MR) is 114 cm³/mol. The van der Waals surface area contributed by atoms with Gasteiger partial charge in [-0.25, -0.2) is 4.68 Å². The third-order valence-corrected chi connectivity index (χ3v) is 4.76. The Balaban J connectivity index is 1.33. The summed E-state index contributed by atoms with van der Waals surface area (Å²) < 4.78 is 7.50. The van der Waals surface area contributed by atoms with E-state index in [2.05, 4.69) is 10.4 Å². The number of furan rings is 1. The highest BCUT2D eigenvalue weighted by molar-refractivity contribution is 5.94. The Hall–Kier alpha value is -3.93. The Bertz CT molecular complexity index is 1160. The molecule has 2 aromatic heterocycles. The lowest BCUT2D eigenvalue weighted by Crippen LogP contribution is -2.25. The summed E-state index contributed by atoms with van der Waals surface area (Å²) in [6.45, 7) is 2.00. The second kappa shape index (κ2) is 8.61. The van der Waals surface area contributed by atoms with Gasteiger partial charge in [0, 0.05) is 23.9 Å². The van der Waals surface area contributed by atoms with Gasteiger partial charge in [-0.3, -0.25) is 9.59 Å². The SMILES string of the molecule is CC(=O)c1ccc(-c2ccc(C(=O)NCCc3cnn(-c4ccccc4)c3)o2)cc1. The number of nitrogens with one attached hydrogen (secondary N) is 1. The highest BCUT2D eigenvalue weighted by atomic mass is 16.3. The van der Waals surface area contributed by atoms with Crippen LogP contribution in [0.4, 0.5) is 0 Å². The molecule has 4 aromatic rings. The summed E-state index contributed by atoms with van der Waals surface area (Å²) in [5.74, 6) is 0.576. The number of aromatic nitrogens is 2. The number of benzene rings is 2. The molecule has 1 N–H and O–H groups in total. The van der Waals surface area contributed by atoms with Gasteiger partial charge in [-0.2, -0.15) is 5.10 Å². The molecular weight excluding hydrogens is 378 g/mol. The van der Waals surface area contributed by atoms with Crippen molar-refractivity contribution < 1.29 is 14.0 Å². The molecule has 0 aliphatic rings. The van der Waals surface area contributed by atoms with Crippen molar-refractivity contribution in [2.75, 3.05) is 6.54 Å². The highest BCUT2D eigenvalue weighted by Crippen LogP contribution is 2.22. The van der Waals surface area contributed by atoms with Gasteiger partial charge < -0.3 is 9.73 Å². The van der Waals surface area contributed by atoms with Crippen LogP contribution in [0.3, 0.4) is 0 Å². The fraction of sp³-hybridized carbons (Fsp3) is 0.125. The maximum absolute atomic E-state index is 12.4. The molecule has 2 heterocycles. The van der Waals surface area contributed by atoms with Crippen LogP contribution in [0.1, 0.15) is 33.4 Å². The molecule has 6 nitrogen and oxygen atoms in total. The Morgan fingerprint density at radius 1 is 1.00 bits per heavy atom. The zero-order valence-electron chi connectivity index (χ0n) is 16.5. The number of carbonyl (C=O) groups excluding carboxylic acids is 2. The van der Waals surface area contributed by atoms with Crippen molar-refractivity contribution in [2.45, 2.75) is 13.3 Å². The van der Waals surface area contributed by atoms with E-state index in [1.165, 1.54) is 6.92 Å². The molecule has 0 fully saturated rings. The van der Waals surface area contributed by atoms with Gasteiger partial charge in [-0.1, -0.05) is 42.5 Å². The lowest BCUT2D eigenvalue weighted by atomic mass is 10.1. The maximum atomic E-state index is 12.4. The van der Waals surface area contributed by atoms with E-state index in [0.29, 0.717) is 24.3 Å². The average molecular weight is 399 g/mol. The number of rotatable bonds is 7. The Morgan fingerprint density at radius 3 is 2.50 bits per heavy atom. The summed E-state index contributed by atoms with van der Waals surface area (Å²) in [7, 11) is 0. The number of hydrogen-bond acceptors (Lipinski definition) is 4. The second-order valence-corrected chi connectivity index (χ2v) is 6.93. The van der Waals surface area contributed by atoms with Crippen LogP contribution >= 0.6 is 0 Å². The van der Waals surface area contributed by atoms with Crippen molar-refractivity contribution in [3.63, 3.8) is 0 Å². The zero-order valence-corrected chi connectivity index (χ0v) is 16.5. The van der Waals surface area contributed by atoms with E-state index < -0.39 is 0 Å². The first-order valence-electron chi connectivity index (χ1n) is 9.68. The van der Waals surface area contributed by atoms with Gasteiger partial charge in [0.1, 0.15) is 5.76 Å². The van der Waals surface area contributed by atoms with Crippen LogP contribution in [0, 0.1) is 0 Å². The standard InChI is InChI=1S/C24H21N3O3/c1-17(28)19-7-9-20(10-8-19)22-11-12-23(30-22)24(29)25-14-13-18-15-26-27(16-18)21-5-3-2-4-6-21/h2-12,15-16H,13-14H2,1H3,(H,25,29). The smallest absolute Gasteiger partial charge is 0.287 e. The monoisotopic (exact) mass is 399 g/mol. The van der Waals surface area contributed by atoms with Crippen LogP contribution in [-0.4, -0.2) is 28.0 Å². The summed E-state index contributed by atoms with van der Waals surface area (Å²) in [5, 5.41) is 7.23. The largest absolute Gasteiger partial charge is 0.451 e. The van der Waals surface area contributed by atoms with Crippen molar-refractivity contribution in [1.82, 2.24) is 15.1 Å². The first-order valence-corrected chi connectivity index (χ1v) is 9.68. The van der Waals surface area contributed by atoms with Crippen LogP contribution in [0.15, 0.2) is 83.5 Å². The molecule has 0 atom stereocenters. The lowest BCUT2D eigenvalue weighted by Gasteiger charge is -2.02. The second-order valence-electron chi connectivity index (χ2n) is 6.93. The first kappa shape index (κ1) is 19.4. The van der Waals surface area contributed by atoms with E-state index in [9.17, 15) is 9.59 Å². The Morgan fingerprint density at radius 2 is 1.77 bits per heavy atom. The third-order valence-electron chi connectivity index (χ3n) is 4.76. The van der Waals surface area contributed by atoms with Crippen LogP contribution in [0.25, 0.3) is 17.0 Å². The number of hydrogen-bond donors (Lipinski definition) is 1. The van der Waals surface area contributed by atoms with E-state index in [4.69, 9.17) is 4.42 Å². The quantitative estimate of drug-likeness (QED) is 0.470. The van der Waals surface area contributed by atoms with Crippen molar-refractivity contribution in [3.8, 4) is 17.0 Å². The summed E-state index contributed by atoms with van der Waals surface area (Å²) in [5.41, 5.74) is 3.48. The topological polar surface area (TPSA) is 77.1 Å². The molecule has 0 aliphatic carbocycles. The van der Waals surface area contributed by atoms with Crippen LogP contribution < -0.4 is 5.32 Å². The molecule has 150 valence electrons. The van der Waals surface area contributed by atoms with E-state index >= 15 is 0 Å². The van der Waals surface area contributed by atoms with Gasteiger partial charge in [-0.05, 0) is 43.2 Å². The predicted octanol–water partition coefficient (Wildman–Crippen LogP) is 4.31. The average Bonchev–Trinajstić information content (AvgIpc) is 3.45. The molecule has 0 unspecified atom stereocenters. The molecule has 30 heavy (non-hydrogen) atoms. The van der Waals surface area contributed by atoms with Crippen molar-refractivity contribution in [2.24, 2.45) is 0 Å². The number of ketones is 1. The fourth-order valence-corrected chi connectivity index (χ4v) is 3.10. The number of amides is 1. The third kappa shape index (κ3) is 4.38. The van der Waals surface area contributed by atoms with Gasteiger partial charge in [0.2, 0.25) is 0 Å². The summed E-state index contributed by atoms with van der Waals surface area (Å²) in [4.78, 5) is 23.8. The van der Waals surface area contributed by atoms with Gasteiger partial charge in [0.15, 0.2) is 11.5 Å². The van der Waals surface area contributed by atoms with E-state index in [-0.39, 0.29) is 17.5 Å². The Kier molecular flexibility index (Phi) is 5.57. The molecule has 0 radical (unpaired) electrons. The van der Waals surface area contributed by atoms with Gasteiger partial charge in [-0.15, -0.1) is 0 Å². The van der Waals surface area contributed by atoms with E-state index in [1.54, 1.807) is 30.5 Å². The number of carbonyl (C=O) groups is 2. The summed E-state index contributed by atoms with van der Waals surface area (Å²) in [6.07, 6.45) is 4.42. The van der Waals surface area contributed by atoms with Crippen molar-refractivity contribution in [3.05, 3.63) is 96.0 Å². The van der Waals surface area contributed by atoms with Crippen LogP contribution in [0.5, 0.6) is 0 Å². The molecule has 0 saturated heterocycles. The summed E-state index contributed by atoms with van der Waals surface area (Å²) >= 11 is 0.